The number of aryl methyl sites for hydroxylation is 1. The third-order valence-corrected chi connectivity index (χ3v) is 5.56. The summed E-state index contributed by atoms with van der Waals surface area (Å²) >= 11 is 0. The third kappa shape index (κ3) is 4.57. The van der Waals surface area contributed by atoms with E-state index in [2.05, 4.69) is 15.4 Å². The molecule has 1 aromatic carbocycles. The van der Waals surface area contributed by atoms with E-state index < -0.39 is 10.0 Å². The van der Waals surface area contributed by atoms with Gasteiger partial charge in [0.1, 0.15) is 0 Å². The van der Waals surface area contributed by atoms with Gasteiger partial charge in [0.2, 0.25) is 15.9 Å². The van der Waals surface area contributed by atoms with E-state index in [-0.39, 0.29) is 23.2 Å². The zero-order valence-electron chi connectivity index (χ0n) is 13.3. The van der Waals surface area contributed by atoms with Gasteiger partial charge in [-0.25, -0.2) is 13.1 Å². The van der Waals surface area contributed by atoms with Gasteiger partial charge >= 0.3 is 0 Å². The van der Waals surface area contributed by atoms with Crippen molar-refractivity contribution in [1.82, 2.24) is 10.0 Å². The molecular formula is C16H22ClN3O3S. The fraction of sp³-hybridized carbons (Fsp3) is 0.438. The van der Waals surface area contributed by atoms with Crippen LogP contribution in [0.15, 0.2) is 34.7 Å². The van der Waals surface area contributed by atoms with Gasteiger partial charge < -0.3 is 10.6 Å². The Kier molecular flexibility index (Phi) is 6.40. The molecule has 132 valence electrons. The number of hydrogen-bond donors (Lipinski definition) is 3. The molecule has 0 aliphatic carbocycles. The summed E-state index contributed by atoms with van der Waals surface area (Å²) in [6, 6.07) is 4.89. The standard InChI is InChI=1S/C16H21N3O3S.ClH/c20-16-3-1-2-13-10-14(4-5-15(13)19-16)23(21,22)18-11-12-6-8-17-9-7-12;/h4-6,10,17-18H,1-3,7-9,11H2,(H,19,20);1H. The maximum Gasteiger partial charge on any atom is 0.240 e. The van der Waals surface area contributed by atoms with E-state index in [0.29, 0.717) is 25.1 Å². The smallest absolute Gasteiger partial charge is 0.240 e. The molecule has 3 N–H and O–H groups in total. The number of carbonyl (C=O) groups excluding carboxylic acids is 1. The first-order valence-corrected chi connectivity index (χ1v) is 9.34. The summed E-state index contributed by atoms with van der Waals surface area (Å²) in [6.45, 7) is 2.01. The summed E-state index contributed by atoms with van der Waals surface area (Å²) in [6.07, 6.45) is 4.79. The number of amides is 1. The molecule has 24 heavy (non-hydrogen) atoms. The fourth-order valence-corrected chi connectivity index (χ4v) is 3.91. The second-order valence-electron chi connectivity index (χ2n) is 5.86. The van der Waals surface area contributed by atoms with Gasteiger partial charge in [0.15, 0.2) is 0 Å². The van der Waals surface area contributed by atoms with Crippen molar-refractivity contribution in [1.29, 1.82) is 0 Å². The lowest BCUT2D eigenvalue weighted by molar-refractivity contribution is -0.116. The minimum atomic E-state index is -3.54. The van der Waals surface area contributed by atoms with Crippen LogP contribution < -0.4 is 15.4 Å². The molecule has 6 nitrogen and oxygen atoms in total. The predicted molar refractivity (Wildman–Crippen MR) is 96.0 cm³/mol. The Morgan fingerprint density at radius 1 is 1.17 bits per heavy atom. The molecule has 1 aromatic rings. The van der Waals surface area contributed by atoms with Crippen molar-refractivity contribution >= 4 is 34.0 Å². The van der Waals surface area contributed by atoms with Gasteiger partial charge in [-0.3, -0.25) is 4.79 Å². The number of fused-ring (bicyclic) bond motifs is 1. The lowest BCUT2D eigenvalue weighted by Gasteiger charge is -2.15. The van der Waals surface area contributed by atoms with E-state index in [0.717, 1.165) is 37.1 Å². The van der Waals surface area contributed by atoms with Gasteiger partial charge in [0, 0.05) is 25.2 Å². The van der Waals surface area contributed by atoms with Crippen LogP contribution in [0, 0.1) is 0 Å². The minimum Gasteiger partial charge on any atom is -0.326 e. The van der Waals surface area contributed by atoms with Crippen LogP contribution in [0.5, 0.6) is 0 Å². The molecule has 0 unspecified atom stereocenters. The molecule has 0 fully saturated rings. The molecule has 0 spiro atoms. The highest BCUT2D eigenvalue weighted by Gasteiger charge is 2.19. The third-order valence-electron chi connectivity index (χ3n) is 4.16. The van der Waals surface area contributed by atoms with Crippen molar-refractivity contribution in [3.63, 3.8) is 0 Å². The fourth-order valence-electron chi connectivity index (χ4n) is 2.82. The molecule has 0 radical (unpaired) electrons. The van der Waals surface area contributed by atoms with E-state index >= 15 is 0 Å². The summed E-state index contributed by atoms with van der Waals surface area (Å²) in [5.41, 5.74) is 2.70. The lowest BCUT2D eigenvalue weighted by Crippen LogP contribution is -2.29. The van der Waals surface area contributed by atoms with Crippen LogP contribution in [0.1, 0.15) is 24.8 Å². The zero-order valence-corrected chi connectivity index (χ0v) is 14.9. The first kappa shape index (κ1) is 18.9. The summed E-state index contributed by atoms with van der Waals surface area (Å²) in [4.78, 5) is 11.8. The summed E-state index contributed by atoms with van der Waals surface area (Å²) in [5.74, 6) is -0.0182. The number of anilines is 1. The van der Waals surface area contributed by atoms with Crippen LogP contribution in [-0.4, -0.2) is 34.0 Å². The van der Waals surface area contributed by atoms with Gasteiger partial charge in [0.25, 0.3) is 0 Å². The highest BCUT2D eigenvalue weighted by Crippen LogP contribution is 2.25. The van der Waals surface area contributed by atoms with E-state index in [1.165, 1.54) is 0 Å². The Morgan fingerprint density at radius 2 is 2.00 bits per heavy atom. The molecular weight excluding hydrogens is 350 g/mol. The summed E-state index contributed by atoms with van der Waals surface area (Å²) in [7, 11) is -3.54. The molecule has 0 saturated carbocycles. The number of nitrogens with one attached hydrogen (secondary N) is 3. The second-order valence-corrected chi connectivity index (χ2v) is 7.63. The van der Waals surface area contributed by atoms with Gasteiger partial charge in [-0.15, -0.1) is 12.4 Å². The van der Waals surface area contributed by atoms with E-state index in [1.54, 1.807) is 18.2 Å². The number of hydrogen-bond acceptors (Lipinski definition) is 4. The molecule has 2 aliphatic rings. The Labute approximate surface area is 148 Å². The number of benzene rings is 1. The molecule has 8 heteroatoms. The van der Waals surface area contributed by atoms with Gasteiger partial charge in [-0.05, 0) is 49.6 Å². The molecule has 0 aromatic heterocycles. The lowest BCUT2D eigenvalue weighted by atomic mass is 10.1. The monoisotopic (exact) mass is 371 g/mol. The average molecular weight is 372 g/mol. The Balaban J connectivity index is 0.00000208. The van der Waals surface area contributed by atoms with Crippen LogP contribution in [0.2, 0.25) is 0 Å². The molecule has 1 amide bonds. The number of halogens is 1. The summed E-state index contributed by atoms with van der Waals surface area (Å²) in [5, 5.41) is 6.01. The Morgan fingerprint density at radius 3 is 2.75 bits per heavy atom. The normalized spacial score (nSPS) is 17.8. The number of sulfonamides is 1. The Bertz CT molecular complexity index is 747. The van der Waals surface area contributed by atoms with Crippen molar-refractivity contribution in [2.45, 2.75) is 30.6 Å². The molecule has 0 saturated heterocycles. The maximum absolute atomic E-state index is 12.5. The van der Waals surface area contributed by atoms with Gasteiger partial charge in [-0.1, -0.05) is 11.6 Å². The van der Waals surface area contributed by atoms with Crippen molar-refractivity contribution in [3.8, 4) is 0 Å². The first-order chi connectivity index (χ1) is 11.0. The van der Waals surface area contributed by atoms with Gasteiger partial charge in [-0.2, -0.15) is 0 Å². The SMILES string of the molecule is Cl.O=C1CCCc2cc(S(=O)(=O)NCC3=CCNCC3)ccc2N1. The molecule has 0 atom stereocenters. The van der Waals surface area contributed by atoms with E-state index in [9.17, 15) is 13.2 Å². The first-order valence-electron chi connectivity index (χ1n) is 7.86. The topological polar surface area (TPSA) is 87.3 Å². The second kappa shape index (κ2) is 8.11. The average Bonchev–Trinajstić information content (AvgIpc) is 2.74. The number of rotatable bonds is 4. The zero-order chi connectivity index (χ0) is 16.3. The molecule has 0 bridgehead atoms. The van der Waals surface area contributed by atoms with Crippen molar-refractivity contribution in [2.24, 2.45) is 0 Å². The van der Waals surface area contributed by atoms with Crippen molar-refractivity contribution < 1.29 is 13.2 Å². The van der Waals surface area contributed by atoms with Gasteiger partial charge in [0.05, 0.1) is 4.90 Å². The highest BCUT2D eigenvalue weighted by molar-refractivity contribution is 7.89. The molecule has 2 heterocycles. The van der Waals surface area contributed by atoms with Crippen molar-refractivity contribution in [2.75, 3.05) is 25.0 Å². The van der Waals surface area contributed by atoms with Crippen molar-refractivity contribution in [3.05, 3.63) is 35.4 Å². The van der Waals surface area contributed by atoms with Crippen LogP contribution in [0.4, 0.5) is 5.69 Å². The van der Waals surface area contributed by atoms with E-state index in [4.69, 9.17) is 0 Å². The molecule has 3 rings (SSSR count). The van der Waals surface area contributed by atoms with Crippen LogP contribution in [-0.2, 0) is 21.2 Å². The summed E-state index contributed by atoms with van der Waals surface area (Å²) < 4.78 is 27.6. The van der Waals surface area contributed by atoms with E-state index in [1.807, 2.05) is 6.08 Å². The predicted octanol–water partition coefficient (Wildman–Crippen LogP) is 1.58. The van der Waals surface area contributed by atoms with Crippen LogP contribution >= 0.6 is 12.4 Å². The quantitative estimate of drug-likeness (QED) is 0.701. The minimum absolute atomic E-state index is 0. The highest BCUT2D eigenvalue weighted by atomic mass is 35.5. The largest absolute Gasteiger partial charge is 0.326 e. The molecule has 2 aliphatic heterocycles. The number of carbonyl (C=O) groups is 1. The van der Waals surface area contributed by atoms with Crippen LogP contribution in [0.3, 0.4) is 0 Å². The Hall–Kier alpha value is -1.41. The van der Waals surface area contributed by atoms with Crippen LogP contribution in [0.25, 0.3) is 0 Å². The maximum atomic E-state index is 12.5.